The standard InChI is InChI=1S/C14H27N3O2/c1-9-5-6-10(13(16)19)8-17(9)12(18)7-11(15)14(2,3)4/h9-11H,5-8,15H2,1-4H3,(H2,16,19). The monoisotopic (exact) mass is 269 g/mol. The van der Waals surface area contributed by atoms with Crippen molar-refractivity contribution in [1.82, 2.24) is 4.90 Å². The van der Waals surface area contributed by atoms with Gasteiger partial charge in [-0.3, -0.25) is 9.59 Å². The number of hydrogen-bond acceptors (Lipinski definition) is 3. The molecule has 3 unspecified atom stereocenters. The zero-order valence-electron chi connectivity index (χ0n) is 12.5. The second-order valence-electron chi connectivity index (χ2n) is 6.75. The van der Waals surface area contributed by atoms with Crippen LogP contribution >= 0.6 is 0 Å². The van der Waals surface area contributed by atoms with Crippen LogP contribution in [-0.2, 0) is 9.59 Å². The Morgan fingerprint density at radius 2 is 1.89 bits per heavy atom. The highest BCUT2D eigenvalue weighted by atomic mass is 16.2. The second-order valence-corrected chi connectivity index (χ2v) is 6.75. The molecule has 0 aromatic carbocycles. The fraction of sp³-hybridized carbons (Fsp3) is 0.857. The van der Waals surface area contributed by atoms with Crippen LogP contribution in [-0.4, -0.2) is 35.3 Å². The van der Waals surface area contributed by atoms with E-state index in [1.54, 1.807) is 4.90 Å². The topological polar surface area (TPSA) is 89.4 Å². The second kappa shape index (κ2) is 5.90. The van der Waals surface area contributed by atoms with Gasteiger partial charge in [-0.15, -0.1) is 0 Å². The van der Waals surface area contributed by atoms with Crippen molar-refractivity contribution in [2.24, 2.45) is 22.8 Å². The molecule has 1 aliphatic heterocycles. The van der Waals surface area contributed by atoms with Crippen molar-refractivity contribution in [2.75, 3.05) is 6.54 Å². The molecule has 3 atom stereocenters. The maximum absolute atomic E-state index is 12.3. The van der Waals surface area contributed by atoms with Crippen LogP contribution in [0.3, 0.4) is 0 Å². The van der Waals surface area contributed by atoms with E-state index in [9.17, 15) is 9.59 Å². The molecule has 1 rings (SSSR count). The molecule has 0 aliphatic carbocycles. The van der Waals surface area contributed by atoms with Crippen LogP contribution in [0.1, 0.15) is 47.0 Å². The Balaban J connectivity index is 2.66. The Morgan fingerprint density at radius 3 is 2.37 bits per heavy atom. The van der Waals surface area contributed by atoms with Gasteiger partial charge >= 0.3 is 0 Å². The van der Waals surface area contributed by atoms with E-state index in [0.717, 1.165) is 12.8 Å². The van der Waals surface area contributed by atoms with Gasteiger partial charge in [-0.2, -0.15) is 0 Å². The van der Waals surface area contributed by atoms with Gasteiger partial charge in [0.1, 0.15) is 0 Å². The minimum absolute atomic E-state index is 0.0286. The Labute approximate surface area is 115 Å². The van der Waals surface area contributed by atoms with E-state index in [2.05, 4.69) is 0 Å². The first-order chi connectivity index (χ1) is 8.62. The third kappa shape index (κ3) is 4.20. The molecule has 4 N–H and O–H groups in total. The van der Waals surface area contributed by atoms with Crippen LogP contribution < -0.4 is 11.5 Å². The average Bonchev–Trinajstić information content (AvgIpc) is 2.27. The van der Waals surface area contributed by atoms with Gasteiger partial charge in [-0.1, -0.05) is 20.8 Å². The molecule has 1 fully saturated rings. The molecule has 0 spiro atoms. The molecule has 19 heavy (non-hydrogen) atoms. The summed E-state index contributed by atoms with van der Waals surface area (Å²) in [5.41, 5.74) is 11.3. The predicted molar refractivity (Wildman–Crippen MR) is 75.1 cm³/mol. The number of amides is 2. The van der Waals surface area contributed by atoms with Crippen LogP contribution in [0.25, 0.3) is 0 Å². The van der Waals surface area contributed by atoms with Crippen molar-refractivity contribution in [2.45, 2.75) is 59.0 Å². The molecule has 1 heterocycles. The summed E-state index contributed by atoms with van der Waals surface area (Å²) in [7, 11) is 0. The number of carbonyl (C=O) groups excluding carboxylic acids is 2. The van der Waals surface area contributed by atoms with Crippen molar-refractivity contribution in [3.63, 3.8) is 0 Å². The van der Waals surface area contributed by atoms with Crippen LogP contribution in [0, 0.1) is 11.3 Å². The normalized spacial score (nSPS) is 26.1. The third-order valence-electron chi connectivity index (χ3n) is 4.11. The summed E-state index contributed by atoms with van der Waals surface area (Å²) in [6.07, 6.45) is 1.91. The van der Waals surface area contributed by atoms with E-state index in [1.165, 1.54) is 0 Å². The van der Waals surface area contributed by atoms with Crippen molar-refractivity contribution in [3.05, 3.63) is 0 Å². The predicted octanol–water partition coefficient (Wildman–Crippen LogP) is 0.862. The first kappa shape index (κ1) is 16.0. The van der Waals surface area contributed by atoms with Crippen molar-refractivity contribution in [1.29, 1.82) is 0 Å². The van der Waals surface area contributed by atoms with Crippen LogP contribution in [0.15, 0.2) is 0 Å². The fourth-order valence-electron chi connectivity index (χ4n) is 2.30. The van der Waals surface area contributed by atoms with Gasteiger partial charge in [0.2, 0.25) is 11.8 Å². The quantitative estimate of drug-likeness (QED) is 0.796. The molecule has 0 radical (unpaired) electrons. The number of hydrogen-bond donors (Lipinski definition) is 2. The lowest BCUT2D eigenvalue weighted by Gasteiger charge is -2.38. The molecular formula is C14H27N3O2. The number of nitrogens with zero attached hydrogens (tertiary/aromatic N) is 1. The largest absolute Gasteiger partial charge is 0.369 e. The summed E-state index contributed by atoms with van der Waals surface area (Å²) in [4.78, 5) is 25.4. The lowest BCUT2D eigenvalue weighted by Crippen LogP contribution is -2.50. The van der Waals surface area contributed by atoms with Gasteiger partial charge in [0.25, 0.3) is 0 Å². The molecule has 110 valence electrons. The number of piperidine rings is 1. The third-order valence-corrected chi connectivity index (χ3v) is 4.11. The SMILES string of the molecule is CC1CCC(C(N)=O)CN1C(=O)CC(N)C(C)(C)C. The summed E-state index contributed by atoms with van der Waals surface area (Å²) in [6, 6.07) is -0.0172. The van der Waals surface area contributed by atoms with E-state index in [1.807, 2.05) is 27.7 Å². The van der Waals surface area contributed by atoms with Crippen molar-refractivity contribution < 1.29 is 9.59 Å². The van der Waals surface area contributed by atoms with Gasteiger partial charge in [-0.25, -0.2) is 0 Å². The Morgan fingerprint density at radius 1 is 1.32 bits per heavy atom. The van der Waals surface area contributed by atoms with Crippen molar-refractivity contribution >= 4 is 11.8 Å². The molecule has 0 saturated carbocycles. The van der Waals surface area contributed by atoms with Crippen LogP contribution in [0.4, 0.5) is 0 Å². The van der Waals surface area contributed by atoms with Gasteiger partial charge in [0, 0.05) is 25.0 Å². The van der Waals surface area contributed by atoms with E-state index in [-0.39, 0.29) is 35.2 Å². The lowest BCUT2D eigenvalue weighted by atomic mass is 9.84. The highest BCUT2D eigenvalue weighted by Crippen LogP contribution is 2.25. The minimum Gasteiger partial charge on any atom is -0.369 e. The molecule has 2 amide bonds. The molecule has 0 aromatic rings. The Kier molecular flexibility index (Phi) is 4.96. The first-order valence-electron chi connectivity index (χ1n) is 6.97. The molecule has 0 aromatic heterocycles. The summed E-state index contributed by atoms with van der Waals surface area (Å²) < 4.78 is 0. The van der Waals surface area contributed by atoms with Gasteiger partial charge in [-0.05, 0) is 25.2 Å². The number of nitrogens with two attached hydrogens (primary N) is 2. The number of primary amides is 1. The van der Waals surface area contributed by atoms with Gasteiger partial charge in [0.05, 0.1) is 5.92 Å². The fourth-order valence-corrected chi connectivity index (χ4v) is 2.30. The molecular weight excluding hydrogens is 242 g/mol. The highest BCUT2D eigenvalue weighted by molar-refractivity contribution is 5.80. The Bertz CT molecular complexity index is 349. The molecule has 0 bridgehead atoms. The van der Waals surface area contributed by atoms with Gasteiger partial charge < -0.3 is 16.4 Å². The van der Waals surface area contributed by atoms with Crippen LogP contribution in [0.2, 0.25) is 0 Å². The number of carbonyl (C=O) groups is 2. The maximum atomic E-state index is 12.3. The van der Waals surface area contributed by atoms with E-state index in [0.29, 0.717) is 13.0 Å². The van der Waals surface area contributed by atoms with E-state index >= 15 is 0 Å². The van der Waals surface area contributed by atoms with Crippen molar-refractivity contribution in [3.8, 4) is 0 Å². The van der Waals surface area contributed by atoms with E-state index < -0.39 is 0 Å². The number of rotatable bonds is 3. The first-order valence-corrected chi connectivity index (χ1v) is 6.97. The molecule has 1 saturated heterocycles. The van der Waals surface area contributed by atoms with Gasteiger partial charge in [0.15, 0.2) is 0 Å². The maximum Gasteiger partial charge on any atom is 0.224 e. The van der Waals surface area contributed by atoms with E-state index in [4.69, 9.17) is 11.5 Å². The molecule has 5 nitrogen and oxygen atoms in total. The van der Waals surface area contributed by atoms with Crippen LogP contribution in [0.5, 0.6) is 0 Å². The molecule has 5 heteroatoms. The summed E-state index contributed by atoms with van der Waals surface area (Å²) in [6.45, 7) is 8.52. The Hall–Kier alpha value is -1.10. The average molecular weight is 269 g/mol. The number of likely N-dealkylation sites (tertiary alicyclic amines) is 1. The minimum atomic E-state index is -0.315. The summed E-state index contributed by atoms with van der Waals surface area (Å²) in [5, 5.41) is 0. The highest BCUT2D eigenvalue weighted by Gasteiger charge is 2.33. The summed E-state index contributed by atoms with van der Waals surface area (Å²) >= 11 is 0. The smallest absolute Gasteiger partial charge is 0.224 e. The summed E-state index contributed by atoms with van der Waals surface area (Å²) in [5.74, 6) is -0.503. The zero-order chi connectivity index (χ0) is 14.8. The molecule has 1 aliphatic rings. The lowest BCUT2D eigenvalue weighted by molar-refractivity contribution is -0.138. The zero-order valence-corrected chi connectivity index (χ0v) is 12.5.